The van der Waals surface area contributed by atoms with E-state index in [1.165, 1.54) is 121 Å². The van der Waals surface area contributed by atoms with E-state index in [1.807, 2.05) is 0 Å². The summed E-state index contributed by atoms with van der Waals surface area (Å²) in [5, 5.41) is 13.0. The molecule has 0 heterocycles. The van der Waals surface area contributed by atoms with Crippen molar-refractivity contribution in [3.63, 3.8) is 0 Å². The SMILES string of the molecule is c1ccc(-c2ccc3ccc4cccc5ccc2c3c45)c(-c2cc3c(c4ccccc24)-c2cc4ccccc4cc2C32c3ccccc3-c3ccccc32)c1. The Morgan fingerprint density at radius 2 is 0.764 bits per heavy atom. The lowest BCUT2D eigenvalue weighted by Gasteiger charge is -2.31. The van der Waals surface area contributed by atoms with Gasteiger partial charge < -0.3 is 0 Å². The molecule has 0 radical (unpaired) electrons. The van der Waals surface area contributed by atoms with Crippen LogP contribution in [0.1, 0.15) is 22.3 Å². The molecule has 0 saturated carbocycles. The van der Waals surface area contributed by atoms with E-state index in [9.17, 15) is 0 Å². The van der Waals surface area contributed by atoms with Crippen LogP contribution in [-0.4, -0.2) is 0 Å². The summed E-state index contributed by atoms with van der Waals surface area (Å²) in [6, 6.07) is 73.5. The Hall–Kier alpha value is -7.02. The summed E-state index contributed by atoms with van der Waals surface area (Å²) >= 11 is 0. The quantitative estimate of drug-likeness (QED) is 0.158. The van der Waals surface area contributed by atoms with E-state index in [1.54, 1.807) is 0 Å². The average Bonchev–Trinajstić information content (AvgIpc) is 3.71. The first-order valence-corrected chi connectivity index (χ1v) is 19.3. The van der Waals surface area contributed by atoms with Gasteiger partial charge in [0.15, 0.2) is 0 Å². The highest BCUT2D eigenvalue weighted by atomic mass is 14.5. The van der Waals surface area contributed by atoms with Gasteiger partial charge in [0.1, 0.15) is 0 Å². The van der Waals surface area contributed by atoms with E-state index >= 15 is 0 Å². The number of hydrogen-bond donors (Lipinski definition) is 0. The van der Waals surface area contributed by atoms with E-state index in [0.717, 1.165) is 0 Å². The Morgan fingerprint density at radius 1 is 0.236 bits per heavy atom. The highest BCUT2D eigenvalue weighted by Crippen LogP contribution is 2.65. The molecule has 0 aliphatic heterocycles. The Kier molecular flexibility index (Phi) is 5.65. The molecule has 13 rings (SSSR count). The largest absolute Gasteiger partial charge is 0.0726 e. The maximum atomic E-state index is 2.58. The second-order valence-corrected chi connectivity index (χ2v) is 15.5. The van der Waals surface area contributed by atoms with Gasteiger partial charge in [-0.05, 0) is 139 Å². The molecule has 252 valence electrons. The van der Waals surface area contributed by atoms with E-state index in [2.05, 4.69) is 194 Å². The zero-order valence-corrected chi connectivity index (χ0v) is 30.0. The first-order chi connectivity index (χ1) is 27.3. The van der Waals surface area contributed by atoms with Gasteiger partial charge in [-0.25, -0.2) is 0 Å². The van der Waals surface area contributed by atoms with Crippen LogP contribution in [0.25, 0.3) is 98.4 Å². The van der Waals surface area contributed by atoms with Crippen LogP contribution in [-0.2, 0) is 5.41 Å². The summed E-state index contributed by atoms with van der Waals surface area (Å²) in [5.41, 5.74) is 15.4. The van der Waals surface area contributed by atoms with E-state index < -0.39 is 5.41 Å². The standard InChI is InChI=1S/C55H32/c1-2-13-37-31-50-47(30-36(37)12-1)54-44-21-6-5-18-40(44)46(32-51(54)55(50)48-22-9-7-19-42(48)43-20-8-10-23-49(43)55)39-17-4-3-16-38(39)41-28-26-35-25-24-33-14-11-15-34-27-29-45(41)53(35)52(33)34/h1-32H. The minimum atomic E-state index is -0.456. The number of benzene rings is 11. The third-order valence-electron chi connectivity index (χ3n) is 13.0. The van der Waals surface area contributed by atoms with Gasteiger partial charge in [-0.3, -0.25) is 0 Å². The lowest BCUT2D eigenvalue weighted by Crippen LogP contribution is -2.26. The number of rotatable bonds is 2. The van der Waals surface area contributed by atoms with Crippen molar-refractivity contribution in [2.24, 2.45) is 0 Å². The fourth-order valence-corrected chi connectivity index (χ4v) is 10.8. The molecule has 0 unspecified atom stereocenters. The van der Waals surface area contributed by atoms with Crippen molar-refractivity contribution in [1.82, 2.24) is 0 Å². The summed E-state index contributed by atoms with van der Waals surface area (Å²) in [5.74, 6) is 0. The summed E-state index contributed by atoms with van der Waals surface area (Å²) in [7, 11) is 0. The topological polar surface area (TPSA) is 0 Å². The van der Waals surface area contributed by atoms with Crippen LogP contribution in [0.2, 0.25) is 0 Å². The third kappa shape index (κ3) is 3.67. The predicted molar refractivity (Wildman–Crippen MR) is 232 cm³/mol. The summed E-state index contributed by atoms with van der Waals surface area (Å²) in [6.07, 6.45) is 0. The zero-order chi connectivity index (χ0) is 35.8. The van der Waals surface area contributed by atoms with E-state index in [0.29, 0.717) is 0 Å². The molecule has 11 aromatic rings. The van der Waals surface area contributed by atoms with E-state index in [-0.39, 0.29) is 0 Å². The molecule has 55 heavy (non-hydrogen) atoms. The fourth-order valence-electron chi connectivity index (χ4n) is 10.8. The second kappa shape index (κ2) is 10.6. The Bertz CT molecular complexity index is 3370. The van der Waals surface area contributed by atoms with Gasteiger partial charge in [0, 0.05) is 0 Å². The summed E-state index contributed by atoms with van der Waals surface area (Å²) in [4.78, 5) is 0. The highest BCUT2D eigenvalue weighted by Gasteiger charge is 2.52. The Balaban J connectivity index is 1.17. The van der Waals surface area contributed by atoms with Crippen molar-refractivity contribution >= 4 is 53.9 Å². The normalized spacial score (nSPS) is 13.6. The molecule has 0 heteroatoms. The van der Waals surface area contributed by atoms with Gasteiger partial charge in [0.2, 0.25) is 0 Å². The molecule has 2 aliphatic carbocycles. The van der Waals surface area contributed by atoms with Crippen molar-refractivity contribution < 1.29 is 0 Å². The highest BCUT2D eigenvalue weighted by molar-refractivity contribution is 6.26. The van der Waals surface area contributed by atoms with Crippen LogP contribution in [0.5, 0.6) is 0 Å². The molecule has 0 bridgehead atoms. The smallest absolute Gasteiger partial charge is 0.0619 e. The molecule has 0 saturated heterocycles. The molecule has 2 aliphatic rings. The van der Waals surface area contributed by atoms with Gasteiger partial charge in [-0.1, -0.05) is 176 Å². The van der Waals surface area contributed by atoms with Crippen LogP contribution >= 0.6 is 0 Å². The monoisotopic (exact) mass is 692 g/mol. The Labute approximate surface area is 318 Å². The molecule has 0 N–H and O–H groups in total. The maximum absolute atomic E-state index is 2.58. The molecule has 1 spiro atoms. The molecular formula is C55H32. The van der Waals surface area contributed by atoms with Crippen LogP contribution < -0.4 is 0 Å². The summed E-state index contributed by atoms with van der Waals surface area (Å²) < 4.78 is 0. The molecular weight excluding hydrogens is 661 g/mol. The average molecular weight is 693 g/mol. The lowest BCUT2D eigenvalue weighted by molar-refractivity contribution is 0.796. The number of hydrogen-bond acceptors (Lipinski definition) is 0. The molecule has 0 fully saturated rings. The van der Waals surface area contributed by atoms with Crippen molar-refractivity contribution in [2.45, 2.75) is 5.41 Å². The van der Waals surface area contributed by atoms with Gasteiger partial charge in [0.25, 0.3) is 0 Å². The van der Waals surface area contributed by atoms with Gasteiger partial charge in [-0.2, -0.15) is 0 Å². The second-order valence-electron chi connectivity index (χ2n) is 15.5. The zero-order valence-electron chi connectivity index (χ0n) is 30.0. The van der Waals surface area contributed by atoms with Crippen LogP contribution in [0.3, 0.4) is 0 Å². The van der Waals surface area contributed by atoms with E-state index in [4.69, 9.17) is 0 Å². The first-order valence-electron chi connectivity index (χ1n) is 19.3. The molecule has 0 aromatic heterocycles. The van der Waals surface area contributed by atoms with Crippen LogP contribution in [0, 0.1) is 0 Å². The lowest BCUT2D eigenvalue weighted by atomic mass is 9.69. The molecule has 0 nitrogen and oxygen atoms in total. The van der Waals surface area contributed by atoms with Crippen LogP contribution in [0.4, 0.5) is 0 Å². The minimum Gasteiger partial charge on any atom is -0.0619 e. The predicted octanol–water partition coefficient (Wildman–Crippen LogP) is 14.6. The Morgan fingerprint density at radius 3 is 1.49 bits per heavy atom. The van der Waals surface area contributed by atoms with Gasteiger partial charge in [-0.15, -0.1) is 0 Å². The van der Waals surface area contributed by atoms with Crippen molar-refractivity contribution in [1.29, 1.82) is 0 Å². The van der Waals surface area contributed by atoms with Gasteiger partial charge >= 0.3 is 0 Å². The van der Waals surface area contributed by atoms with Crippen LogP contribution in [0.15, 0.2) is 194 Å². The minimum absolute atomic E-state index is 0.456. The molecule has 0 atom stereocenters. The number of fused-ring (bicyclic) bond motifs is 13. The fraction of sp³-hybridized carbons (Fsp3) is 0.0182. The van der Waals surface area contributed by atoms with Crippen molar-refractivity contribution in [3.05, 3.63) is 216 Å². The van der Waals surface area contributed by atoms with Crippen molar-refractivity contribution in [2.75, 3.05) is 0 Å². The molecule has 0 amide bonds. The maximum Gasteiger partial charge on any atom is 0.0726 e. The first kappa shape index (κ1) is 29.4. The summed E-state index contributed by atoms with van der Waals surface area (Å²) in [6.45, 7) is 0. The van der Waals surface area contributed by atoms with Crippen molar-refractivity contribution in [3.8, 4) is 44.5 Å². The molecule has 11 aromatic carbocycles. The van der Waals surface area contributed by atoms with Gasteiger partial charge in [0.05, 0.1) is 5.41 Å². The third-order valence-corrected chi connectivity index (χ3v) is 13.0.